The minimum atomic E-state index is -0.300. The molecule has 1 fully saturated rings. The van der Waals surface area contributed by atoms with Crippen molar-refractivity contribution in [2.24, 2.45) is 17.8 Å². The van der Waals surface area contributed by atoms with Gasteiger partial charge in [-0.3, -0.25) is 0 Å². The standard InChI is InChI=1S/C20H32O2/c1-2-20(21)22-14-10-8-6-4-3-5-7-9-11-18-15-17-12-13-19(18)16-17/h2,12-13,17-19H,1,3-11,14-16H2. The number of esters is 1. The number of hydrogen-bond donors (Lipinski definition) is 0. The summed E-state index contributed by atoms with van der Waals surface area (Å²) in [7, 11) is 0. The van der Waals surface area contributed by atoms with Crippen LogP contribution in [0.5, 0.6) is 0 Å². The molecule has 0 radical (unpaired) electrons. The van der Waals surface area contributed by atoms with Crippen molar-refractivity contribution in [1.29, 1.82) is 0 Å². The molecule has 22 heavy (non-hydrogen) atoms. The fourth-order valence-corrected chi connectivity index (χ4v) is 4.03. The van der Waals surface area contributed by atoms with Crippen molar-refractivity contribution in [2.45, 2.75) is 70.6 Å². The highest BCUT2D eigenvalue weighted by Crippen LogP contribution is 2.45. The van der Waals surface area contributed by atoms with E-state index in [9.17, 15) is 4.79 Å². The Kier molecular flexibility index (Phi) is 7.76. The first kappa shape index (κ1) is 17.3. The van der Waals surface area contributed by atoms with Crippen molar-refractivity contribution in [3.05, 3.63) is 24.8 Å². The lowest BCUT2D eigenvalue weighted by atomic mass is 9.88. The Labute approximate surface area is 136 Å². The summed E-state index contributed by atoms with van der Waals surface area (Å²) in [6.45, 7) is 3.93. The highest BCUT2D eigenvalue weighted by molar-refractivity contribution is 5.81. The minimum absolute atomic E-state index is 0.300. The molecule has 0 spiro atoms. The van der Waals surface area contributed by atoms with Gasteiger partial charge in [-0.15, -0.1) is 0 Å². The third kappa shape index (κ3) is 5.98. The highest BCUT2D eigenvalue weighted by Gasteiger charge is 2.34. The first-order valence-corrected chi connectivity index (χ1v) is 9.27. The molecule has 2 aliphatic carbocycles. The molecule has 1 saturated carbocycles. The zero-order valence-electron chi connectivity index (χ0n) is 14.0. The third-order valence-corrected chi connectivity index (χ3v) is 5.30. The van der Waals surface area contributed by atoms with Crippen LogP contribution in [0.3, 0.4) is 0 Å². The number of allylic oxidation sites excluding steroid dienone is 2. The molecule has 2 heteroatoms. The summed E-state index contributed by atoms with van der Waals surface area (Å²) in [6, 6.07) is 0. The van der Waals surface area contributed by atoms with E-state index in [-0.39, 0.29) is 5.97 Å². The second-order valence-corrected chi connectivity index (χ2v) is 7.03. The van der Waals surface area contributed by atoms with E-state index in [0.29, 0.717) is 6.61 Å². The van der Waals surface area contributed by atoms with E-state index in [2.05, 4.69) is 18.7 Å². The van der Waals surface area contributed by atoms with Crippen molar-refractivity contribution in [2.75, 3.05) is 6.61 Å². The molecule has 0 N–H and O–H groups in total. The molecule has 0 aromatic carbocycles. The van der Waals surface area contributed by atoms with Gasteiger partial charge >= 0.3 is 5.97 Å². The SMILES string of the molecule is C=CC(=O)OCCCCCCCCCCC1CC2C=CC1C2. The van der Waals surface area contributed by atoms with Gasteiger partial charge in [-0.2, -0.15) is 0 Å². The molecule has 3 unspecified atom stereocenters. The van der Waals surface area contributed by atoms with Crippen molar-refractivity contribution < 1.29 is 9.53 Å². The molecule has 0 aliphatic heterocycles. The largest absolute Gasteiger partial charge is 0.463 e. The fraction of sp³-hybridized carbons (Fsp3) is 0.750. The zero-order valence-corrected chi connectivity index (χ0v) is 14.0. The van der Waals surface area contributed by atoms with Gasteiger partial charge in [-0.1, -0.05) is 63.7 Å². The Balaban J connectivity index is 1.31. The number of fused-ring (bicyclic) bond motifs is 2. The molecular weight excluding hydrogens is 272 g/mol. The van der Waals surface area contributed by atoms with E-state index in [1.165, 1.54) is 70.3 Å². The van der Waals surface area contributed by atoms with Crippen molar-refractivity contribution >= 4 is 5.97 Å². The van der Waals surface area contributed by atoms with Gasteiger partial charge in [0.15, 0.2) is 0 Å². The summed E-state index contributed by atoms with van der Waals surface area (Å²) < 4.78 is 4.96. The van der Waals surface area contributed by atoms with Crippen LogP contribution >= 0.6 is 0 Å². The molecule has 0 saturated heterocycles. The first-order chi connectivity index (χ1) is 10.8. The van der Waals surface area contributed by atoms with Gasteiger partial charge in [0.05, 0.1) is 6.61 Å². The minimum Gasteiger partial charge on any atom is -0.463 e. The normalized spacial score (nSPS) is 25.5. The maximum atomic E-state index is 10.8. The molecule has 124 valence electrons. The topological polar surface area (TPSA) is 26.3 Å². The lowest BCUT2D eigenvalue weighted by Gasteiger charge is -2.17. The number of unbranched alkanes of at least 4 members (excludes halogenated alkanes) is 7. The lowest BCUT2D eigenvalue weighted by Crippen LogP contribution is -2.06. The van der Waals surface area contributed by atoms with Crippen LogP contribution in [0, 0.1) is 17.8 Å². The summed E-state index contributed by atoms with van der Waals surface area (Å²) in [5, 5.41) is 0. The third-order valence-electron chi connectivity index (χ3n) is 5.30. The predicted octanol–water partition coefficient (Wildman–Crippen LogP) is 5.44. The quantitative estimate of drug-likeness (QED) is 0.208. The summed E-state index contributed by atoms with van der Waals surface area (Å²) >= 11 is 0. The van der Waals surface area contributed by atoms with Crippen LogP contribution < -0.4 is 0 Å². The molecule has 0 aromatic rings. The van der Waals surface area contributed by atoms with Crippen LogP contribution in [0.2, 0.25) is 0 Å². The maximum absolute atomic E-state index is 10.8. The summed E-state index contributed by atoms with van der Waals surface area (Å²) in [4.78, 5) is 10.8. The van der Waals surface area contributed by atoms with Gasteiger partial charge in [0.1, 0.15) is 0 Å². The molecule has 0 heterocycles. The van der Waals surface area contributed by atoms with Crippen molar-refractivity contribution in [3.8, 4) is 0 Å². The number of ether oxygens (including phenoxy) is 1. The van der Waals surface area contributed by atoms with E-state index in [4.69, 9.17) is 4.74 Å². The Morgan fingerprint density at radius 1 is 1.00 bits per heavy atom. The van der Waals surface area contributed by atoms with Crippen LogP contribution in [-0.2, 0) is 9.53 Å². The highest BCUT2D eigenvalue weighted by atomic mass is 16.5. The predicted molar refractivity (Wildman–Crippen MR) is 91.6 cm³/mol. The average molecular weight is 304 g/mol. The molecule has 2 bridgehead atoms. The molecule has 0 amide bonds. The Bertz CT molecular complexity index is 372. The zero-order chi connectivity index (χ0) is 15.6. The smallest absolute Gasteiger partial charge is 0.330 e. The van der Waals surface area contributed by atoms with E-state index in [1.54, 1.807) is 0 Å². The second-order valence-electron chi connectivity index (χ2n) is 7.03. The second kappa shape index (κ2) is 9.86. The van der Waals surface area contributed by atoms with Gasteiger partial charge in [0, 0.05) is 6.08 Å². The number of carbonyl (C=O) groups is 1. The summed E-state index contributed by atoms with van der Waals surface area (Å²) in [5.74, 6) is 2.57. The maximum Gasteiger partial charge on any atom is 0.330 e. The van der Waals surface area contributed by atoms with Crippen LogP contribution in [0.15, 0.2) is 24.8 Å². The fourth-order valence-electron chi connectivity index (χ4n) is 4.03. The van der Waals surface area contributed by atoms with Crippen molar-refractivity contribution in [3.63, 3.8) is 0 Å². The van der Waals surface area contributed by atoms with Gasteiger partial charge < -0.3 is 4.74 Å². The van der Waals surface area contributed by atoms with Gasteiger partial charge in [0.25, 0.3) is 0 Å². The van der Waals surface area contributed by atoms with Gasteiger partial charge in [-0.05, 0) is 43.4 Å². The summed E-state index contributed by atoms with van der Waals surface area (Å²) in [5.41, 5.74) is 0. The Hall–Kier alpha value is -1.05. The van der Waals surface area contributed by atoms with Crippen LogP contribution in [-0.4, -0.2) is 12.6 Å². The number of rotatable bonds is 12. The van der Waals surface area contributed by atoms with Crippen molar-refractivity contribution in [1.82, 2.24) is 0 Å². The number of hydrogen-bond acceptors (Lipinski definition) is 2. The first-order valence-electron chi connectivity index (χ1n) is 9.27. The van der Waals surface area contributed by atoms with Gasteiger partial charge in [0.2, 0.25) is 0 Å². The van der Waals surface area contributed by atoms with E-state index >= 15 is 0 Å². The van der Waals surface area contributed by atoms with Crippen LogP contribution in [0.4, 0.5) is 0 Å². The van der Waals surface area contributed by atoms with E-state index < -0.39 is 0 Å². The Morgan fingerprint density at radius 3 is 2.27 bits per heavy atom. The molecule has 2 nitrogen and oxygen atoms in total. The monoisotopic (exact) mass is 304 g/mol. The average Bonchev–Trinajstić information content (AvgIpc) is 3.15. The molecule has 0 aromatic heterocycles. The van der Waals surface area contributed by atoms with Crippen LogP contribution in [0.25, 0.3) is 0 Å². The van der Waals surface area contributed by atoms with Gasteiger partial charge in [-0.25, -0.2) is 4.79 Å². The van der Waals surface area contributed by atoms with Crippen LogP contribution in [0.1, 0.15) is 70.6 Å². The van der Waals surface area contributed by atoms with E-state index in [0.717, 1.165) is 24.2 Å². The summed E-state index contributed by atoms with van der Waals surface area (Å²) in [6.07, 6.45) is 20.9. The Morgan fingerprint density at radius 2 is 1.68 bits per heavy atom. The lowest BCUT2D eigenvalue weighted by molar-refractivity contribution is -0.137. The molecular formula is C20H32O2. The molecule has 2 rings (SSSR count). The molecule has 2 aliphatic rings. The molecule has 3 atom stereocenters. The number of carbonyl (C=O) groups excluding carboxylic acids is 1. The van der Waals surface area contributed by atoms with E-state index in [1.807, 2.05) is 0 Å².